The van der Waals surface area contributed by atoms with Crippen LogP contribution in [0.1, 0.15) is 42.4 Å². The normalized spacial score (nSPS) is 11.9. The number of hydrogen-bond donors (Lipinski definition) is 1. The first-order valence-electron chi connectivity index (χ1n) is 9.14. The van der Waals surface area contributed by atoms with Crippen LogP contribution in [0.4, 0.5) is 0 Å². The number of aromatic nitrogens is 2. The number of hydrogen-bond acceptors (Lipinski definition) is 2. The van der Waals surface area contributed by atoms with Crippen LogP contribution < -0.4 is 5.32 Å². The Balaban J connectivity index is 1.69. The number of carbonyl (C=O) groups excluding carboxylic acids is 1. The molecule has 1 atom stereocenters. The number of nitrogens with one attached hydrogen (secondary N) is 1. The van der Waals surface area contributed by atoms with Crippen molar-refractivity contribution in [3.8, 4) is 0 Å². The molecule has 1 heterocycles. The smallest absolute Gasteiger partial charge is 0.227 e. The van der Waals surface area contributed by atoms with Crippen LogP contribution in [-0.2, 0) is 17.9 Å². The molecule has 26 heavy (non-hydrogen) atoms. The molecule has 4 nitrogen and oxygen atoms in total. The van der Waals surface area contributed by atoms with Gasteiger partial charge in [0.2, 0.25) is 5.91 Å². The lowest BCUT2D eigenvalue weighted by molar-refractivity contribution is -0.122. The summed E-state index contributed by atoms with van der Waals surface area (Å²) in [5, 5.41) is 7.40. The predicted molar refractivity (Wildman–Crippen MR) is 104 cm³/mol. The molecule has 0 saturated heterocycles. The average molecular weight is 347 g/mol. The van der Waals surface area contributed by atoms with E-state index in [1.165, 1.54) is 5.56 Å². The van der Waals surface area contributed by atoms with Crippen molar-refractivity contribution in [1.29, 1.82) is 0 Å². The molecule has 0 aliphatic heterocycles. The van der Waals surface area contributed by atoms with Crippen LogP contribution in [0.2, 0.25) is 0 Å². The number of amides is 1. The molecule has 2 aromatic carbocycles. The topological polar surface area (TPSA) is 46.9 Å². The van der Waals surface area contributed by atoms with Crippen LogP contribution in [0.25, 0.3) is 0 Å². The number of carbonyl (C=O) groups is 1. The number of benzene rings is 2. The van der Waals surface area contributed by atoms with Gasteiger partial charge in [-0.05, 0) is 29.2 Å². The second-order valence-corrected chi connectivity index (χ2v) is 6.44. The van der Waals surface area contributed by atoms with Gasteiger partial charge in [0, 0.05) is 18.9 Å². The summed E-state index contributed by atoms with van der Waals surface area (Å²) in [4.78, 5) is 12.8. The van der Waals surface area contributed by atoms with E-state index < -0.39 is 0 Å². The summed E-state index contributed by atoms with van der Waals surface area (Å²) in [7, 11) is 0. The minimum absolute atomic E-state index is 0.0898. The van der Waals surface area contributed by atoms with Crippen molar-refractivity contribution in [3.63, 3.8) is 0 Å². The van der Waals surface area contributed by atoms with Crippen molar-refractivity contribution in [2.24, 2.45) is 0 Å². The summed E-state index contributed by atoms with van der Waals surface area (Å²) in [5.41, 5.74) is 3.37. The fraction of sp³-hybridized carbons (Fsp3) is 0.273. The standard InChI is InChI=1S/C22H25N3O/c1-2-9-21(18-10-4-3-5-11-18)22(26)23-16-19-12-6-7-13-20(19)17-25-15-8-14-24-25/h3-8,10-15,21H,2,9,16-17H2,1H3,(H,23,26). The van der Waals surface area contributed by atoms with Crippen LogP contribution in [0, 0.1) is 0 Å². The van der Waals surface area contributed by atoms with Crippen molar-refractivity contribution in [2.75, 3.05) is 0 Å². The van der Waals surface area contributed by atoms with E-state index in [9.17, 15) is 4.79 Å². The zero-order valence-electron chi connectivity index (χ0n) is 15.1. The first-order valence-corrected chi connectivity index (χ1v) is 9.14. The Morgan fingerprint density at radius 1 is 1.04 bits per heavy atom. The second kappa shape index (κ2) is 8.99. The van der Waals surface area contributed by atoms with Gasteiger partial charge in [0.25, 0.3) is 0 Å². The van der Waals surface area contributed by atoms with Crippen LogP contribution >= 0.6 is 0 Å². The van der Waals surface area contributed by atoms with E-state index in [0.29, 0.717) is 13.1 Å². The van der Waals surface area contributed by atoms with E-state index in [-0.39, 0.29) is 11.8 Å². The molecule has 4 heteroatoms. The number of rotatable bonds is 8. The third-order valence-electron chi connectivity index (χ3n) is 4.56. The third kappa shape index (κ3) is 4.60. The zero-order valence-corrected chi connectivity index (χ0v) is 15.1. The highest BCUT2D eigenvalue weighted by molar-refractivity contribution is 5.83. The Labute approximate surface area is 154 Å². The fourth-order valence-electron chi connectivity index (χ4n) is 3.18. The summed E-state index contributed by atoms with van der Waals surface area (Å²) >= 11 is 0. The number of nitrogens with zero attached hydrogens (tertiary/aromatic N) is 2. The lowest BCUT2D eigenvalue weighted by Crippen LogP contribution is -2.29. The Morgan fingerprint density at radius 2 is 1.77 bits per heavy atom. The maximum absolute atomic E-state index is 12.8. The van der Waals surface area contributed by atoms with Gasteiger partial charge in [0.15, 0.2) is 0 Å². The van der Waals surface area contributed by atoms with Crippen molar-refractivity contribution in [3.05, 3.63) is 89.7 Å². The Hall–Kier alpha value is -2.88. The summed E-state index contributed by atoms with van der Waals surface area (Å²) < 4.78 is 1.89. The summed E-state index contributed by atoms with van der Waals surface area (Å²) in [5.74, 6) is -0.00794. The molecule has 3 aromatic rings. The minimum atomic E-state index is -0.0977. The molecule has 1 unspecified atom stereocenters. The van der Waals surface area contributed by atoms with Crippen molar-refractivity contribution in [2.45, 2.75) is 38.8 Å². The van der Waals surface area contributed by atoms with Gasteiger partial charge in [-0.2, -0.15) is 5.10 Å². The van der Waals surface area contributed by atoms with Crippen molar-refractivity contribution < 1.29 is 4.79 Å². The van der Waals surface area contributed by atoms with E-state index in [4.69, 9.17) is 0 Å². The highest BCUT2D eigenvalue weighted by atomic mass is 16.1. The molecule has 0 radical (unpaired) electrons. The SMILES string of the molecule is CCCC(C(=O)NCc1ccccc1Cn1cccn1)c1ccccc1. The highest BCUT2D eigenvalue weighted by Crippen LogP contribution is 2.21. The molecule has 0 fully saturated rings. The summed E-state index contributed by atoms with van der Waals surface area (Å²) in [6.45, 7) is 3.35. The highest BCUT2D eigenvalue weighted by Gasteiger charge is 2.19. The van der Waals surface area contributed by atoms with Gasteiger partial charge >= 0.3 is 0 Å². The lowest BCUT2D eigenvalue weighted by Gasteiger charge is -2.17. The lowest BCUT2D eigenvalue weighted by atomic mass is 9.93. The Kier molecular flexibility index (Phi) is 6.20. The average Bonchev–Trinajstić information content (AvgIpc) is 3.19. The van der Waals surface area contributed by atoms with Crippen LogP contribution in [0.5, 0.6) is 0 Å². The Bertz CT molecular complexity index is 812. The van der Waals surface area contributed by atoms with E-state index in [2.05, 4.69) is 29.5 Å². The summed E-state index contributed by atoms with van der Waals surface area (Å²) in [6.07, 6.45) is 5.55. The van der Waals surface area contributed by atoms with E-state index >= 15 is 0 Å². The summed E-state index contributed by atoms with van der Waals surface area (Å²) in [6, 6.07) is 20.1. The maximum atomic E-state index is 12.8. The van der Waals surface area contributed by atoms with E-state index in [1.54, 1.807) is 6.20 Å². The molecule has 134 valence electrons. The minimum Gasteiger partial charge on any atom is -0.351 e. The zero-order chi connectivity index (χ0) is 18.2. The quantitative estimate of drug-likeness (QED) is 0.666. The van der Waals surface area contributed by atoms with E-state index in [0.717, 1.165) is 24.0 Å². The van der Waals surface area contributed by atoms with Gasteiger partial charge in [-0.15, -0.1) is 0 Å². The molecular weight excluding hydrogens is 322 g/mol. The molecule has 0 aliphatic carbocycles. The van der Waals surface area contributed by atoms with Gasteiger partial charge in [-0.3, -0.25) is 9.48 Å². The molecule has 1 aromatic heterocycles. The molecule has 0 aliphatic rings. The van der Waals surface area contributed by atoms with Gasteiger partial charge < -0.3 is 5.32 Å². The molecular formula is C22H25N3O. The first-order chi connectivity index (χ1) is 12.8. The van der Waals surface area contributed by atoms with Gasteiger partial charge in [-0.25, -0.2) is 0 Å². The monoisotopic (exact) mass is 347 g/mol. The first kappa shape index (κ1) is 17.9. The van der Waals surface area contributed by atoms with Crippen LogP contribution in [0.15, 0.2) is 73.1 Å². The fourth-order valence-corrected chi connectivity index (χ4v) is 3.18. The Morgan fingerprint density at radius 3 is 2.46 bits per heavy atom. The molecule has 0 bridgehead atoms. The van der Waals surface area contributed by atoms with Gasteiger partial charge in [0.1, 0.15) is 0 Å². The molecule has 1 N–H and O–H groups in total. The van der Waals surface area contributed by atoms with E-state index in [1.807, 2.05) is 59.4 Å². The van der Waals surface area contributed by atoms with Crippen molar-refractivity contribution >= 4 is 5.91 Å². The molecule has 1 amide bonds. The second-order valence-electron chi connectivity index (χ2n) is 6.44. The molecule has 0 spiro atoms. The molecule has 3 rings (SSSR count). The largest absolute Gasteiger partial charge is 0.351 e. The van der Waals surface area contributed by atoms with Crippen LogP contribution in [0.3, 0.4) is 0 Å². The maximum Gasteiger partial charge on any atom is 0.227 e. The predicted octanol–water partition coefficient (Wildman–Crippen LogP) is 4.13. The van der Waals surface area contributed by atoms with Gasteiger partial charge in [0.05, 0.1) is 12.5 Å². The third-order valence-corrected chi connectivity index (χ3v) is 4.56. The molecule has 0 saturated carbocycles. The van der Waals surface area contributed by atoms with Gasteiger partial charge in [-0.1, -0.05) is 67.9 Å². The van der Waals surface area contributed by atoms with Crippen molar-refractivity contribution in [1.82, 2.24) is 15.1 Å². The van der Waals surface area contributed by atoms with Crippen LogP contribution in [-0.4, -0.2) is 15.7 Å².